The first-order valence-electron chi connectivity index (χ1n) is 9.08. The lowest BCUT2D eigenvalue weighted by molar-refractivity contribution is 0.100. The van der Waals surface area contributed by atoms with Crippen LogP contribution in [-0.2, 0) is 6.54 Å². The van der Waals surface area contributed by atoms with E-state index in [2.05, 4.69) is 20.4 Å². The van der Waals surface area contributed by atoms with Crippen molar-refractivity contribution in [2.45, 2.75) is 44.8 Å². The van der Waals surface area contributed by atoms with E-state index in [1.54, 1.807) is 24.7 Å². The lowest BCUT2D eigenvalue weighted by atomic mass is 9.98. The van der Waals surface area contributed by atoms with Crippen LogP contribution in [0.15, 0.2) is 43.0 Å². The van der Waals surface area contributed by atoms with Crippen LogP contribution in [0.1, 0.15) is 48.0 Å². The fraction of sp³-hybridized carbons (Fsp3) is 0.368. The normalized spacial score (nSPS) is 14.4. The first-order chi connectivity index (χ1) is 13.1. The van der Waals surface area contributed by atoms with Crippen LogP contribution < -0.4 is 11.1 Å². The summed E-state index contributed by atoms with van der Waals surface area (Å²) in [7, 11) is 0. The van der Waals surface area contributed by atoms with E-state index in [1.807, 2.05) is 12.1 Å². The predicted molar refractivity (Wildman–Crippen MR) is 102 cm³/mol. The molecule has 1 amide bonds. The third-order valence-corrected chi connectivity index (χ3v) is 4.41. The van der Waals surface area contributed by atoms with Gasteiger partial charge in [0.15, 0.2) is 5.65 Å². The molecule has 4 rings (SSSR count). The van der Waals surface area contributed by atoms with E-state index in [0.29, 0.717) is 23.6 Å². The van der Waals surface area contributed by atoms with Gasteiger partial charge in [-0.3, -0.25) is 9.78 Å². The number of carbonyl (C=O) groups is 1. The number of anilines is 1. The van der Waals surface area contributed by atoms with Crippen molar-refractivity contribution in [3.8, 4) is 0 Å². The molecule has 8 heteroatoms. The summed E-state index contributed by atoms with van der Waals surface area (Å²) in [5.74, 6) is 0.0984. The highest BCUT2D eigenvalue weighted by Crippen LogP contribution is 2.16. The van der Waals surface area contributed by atoms with Gasteiger partial charge >= 0.3 is 0 Å². The Morgan fingerprint density at radius 3 is 2.70 bits per heavy atom. The lowest BCUT2D eigenvalue weighted by Gasteiger charge is -2.14. The molecule has 3 aromatic rings. The number of nitrogens with zero attached hydrogens (tertiary/aromatic N) is 4. The zero-order valence-corrected chi connectivity index (χ0v) is 15.1. The molecular weight excluding hydrogens is 344 g/mol. The molecule has 0 bridgehead atoms. The van der Waals surface area contributed by atoms with E-state index in [9.17, 15) is 4.79 Å². The molecule has 0 atom stereocenters. The Balaban J connectivity index is 0.000000253. The second kappa shape index (κ2) is 9.09. The fourth-order valence-corrected chi connectivity index (χ4v) is 2.92. The summed E-state index contributed by atoms with van der Waals surface area (Å²) in [5.41, 5.74) is 7.06. The van der Waals surface area contributed by atoms with Crippen LogP contribution in [0.3, 0.4) is 0 Å². The molecule has 27 heavy (non-hydrogen) atoms. The van der Waals surface area contributed by atoms with Gasteiger partial charge in [-0.1, -0.05) is 25.3 Å². The number of hydrogen-bond acceptors (Lipinski definition) is 6. The maximum Gasteiger partial charge on any atom is 0.254 e. The maximum absolute atomic E-state index is 11.3. The minimum atomic E-state index is -0.545. The Bertz CT molecular complexity index is 874. The van der Waals surface area contributed by atoms with Crippen LogP contribution in [0, 0.1) is 0 Å². The molecule has 0 spiro atoms. The summed E-state index contributed by atoms with van der Waals surface area (Å²) in [4.78, 5) is 19.6. The SMILES string of the molecule is NC(=O)c1cnn2ccc(NCc3cccnc3)nc12.OC1CCCCC1. The van der Waals surface area contributed by atoms with Gasteiger partial charge in [-0.2, -0.15) is 5.10 Å². The summed E-state index contributed by atoms with van der Waals surface area (Å²) >= 11 is 0. The number of primary amides is 1. The van der Waals surface area contributed by atoms with Crippen molar-refractivity contribution < 1.29 is 9.90 Å². The summed E-state index contributed by atoms with van der Waals surface area (Å²) in [6.45, 7) is 0.594. The average Bonchev–Trinajstić information content (AvgIpc) is 3.12. The maximum atomic E-state index is 11.3. The van der Waals surface area contributed by atoms with Crippen molar-refractivity contribution in [1.29, 1.82) is 0 Å². The number of nitrogens with one attached hydrogen (secondary N) is 1. The minimum Gasteiger partial charge on any atom is -0.393 e. The van der Waals surface area contributed by atoms with Crippen LogP contribution in [-0.4, -0.2) is 36.7 Å². The van der Waals surface area contributed by atoms with E-state index in [1.165, 1.54) is 30.0 Å². The number of aliphatic hydroxyl groups excluding tert-OH is 1. The smallest absolute Gasteiger partial charge is 0.254 e. The van der Waals surface area contributed by atoms with Gasteiger partial charge in [-0.25, -0.2) is 9.50 Å². The van der Waals surface area contributed by atoms with Crippen LogP contribution in [0.5, 0.6) is 0 Å². The number of pyridine rings is 1. The Kier molecular flexibility index (Phi) is 6.32. The molecule has 4 N–H and O–H groups in total. The molecule has 0 radical (unpaired) electrons. The monoisotopic (exact) mass is 368 g/mol. The summed E-state index contributed by atoms with van der Waals surface area (Å²) in [6, 6.07) is 5.61. The standard InChI is InChI=1S/C13H12N6O.C6H12O/c14-12(20)10-8-17-19-5-3-11(18-13(10)19)16-7-9-2-1-4-15-6-9;7-6-4-2-1-3-5-6/h1-6,8H,7H2,(H2,14,20)(H,16,18);6-7H,1-5H2. The van der Waals surface area contributed by atoms with Gasteiger partial charge in [0.05, 0.1) is 12.3 Å². The highest BCUT2D eigenvalue weighted by Gasteiger charge is 2.11. The number of aromatic nitrogens is 4. The first-order valence-corrected chi connectivity index (χ1v) is 9.08. The molecule has 1 fully saturated rings. The van der Waals surface area contributed by atoms with Crippen molar-refractivity contribution >= 4 is 17.4 Å². The number of amides is 1. The third-order valence-electron chi connectivity index (χ3n) is 4.41. The second-order valence-electron chi connectivity index (χ2n) is 6.51. The van der Waals surface area contributed by atoms with E-state index in [0.717, 1.165) is 18.4 Å². The van der Waals surface area contributed by atoms with Crippen molar-refractivity contribution in [3.05, 3.63) is 54.1 Å². The predicted octanol–water partition coefficient (Wildman–Crippen LogP) is 2.15. The van der Waals surface area contributed by atoms with Gasteiger partial charge in [0.1, 0.15) is 11.4 Å². The molecule has 3 heterocycles. The zero-order chi connectivity index (χ0) is 19.1. The number of hydrogen-bond donors (Lipinski definition) is 3. The van der Waals surface area contributed by atoms with Crippen LogP contribution >= 0.6 is 0 Å². The van der Waals surface area contributed by atoms with Gasteiger partial charge in [0.2, 0.25) is 0 Å². The Labute approximate surface area is 157 Å². The van der Waals surface area contributed by atoms with Crippen molar-refractivity contribution in [1.82, 2.24) is 19.6 Å². The molecule has 0 aliphatic heterocycles. The molecule has 0 saturated heterocycles. The summed E-state index contributed by atoms with van der Waals surface area (Å²) in [5, 5.41) is 16.1. The number of rotatable bonds is 4. The van der Waals surface area contributed by atoms with Crippen molar-refractivity contribution in [2.75, 3.05) is 5.32 Å². The molecule has 1 aliphatic rings. The molecule has 0 unspecified atom stereocenters. The molecule has 3 aromatic heterocycles. The molecular formula is C19H24N6O2. The first kappa shape index (κ1) is 18.8. The Morgan fingerprint density at radius 1 is 1.26 bits per heavy atom. The highest BCUT2D eigenvalue weighted by molar-refractivity contribution is 5.98. The molecule has 1 aliphatic carbocycles. The van der Waals surface area contributed by atoms with Gasteiger partial charge < -0.3 is 16.2 Å². The van der Waals surface area contributed by atoms with E-state index < -0.39 is 5.91 Å². The highest BCUT2D eigenvalue weighted by atomic mass is 16.3. The van der Waals surface area contributed by atoms with Crippen LogP contribution in [0.2, 0.25) is 0 Å². The van der Waals surface area contributed by atoms with Gasteiger partial charge in [0, 0.05) is 25.1 Å². The van der Waals surface area contributed by atoms with E-state index >= 15 is 0 Å². The Hall–Kier alpha value is -3.00. The lowest BCUT2D eigenvalue weighted by Crippen LogP contribution is -2.11. The molecule has 1 saturated carbocycles. The van der Waals surface area contributed by atoms with Crippen molar-refractivity contribution in [3.63, 3.8) is 0 Å². The number of carbonyl (C=O) groups excluding carboxylic acids is 1. The summed E-state index contributed by atoms with van der Waals surface area (Å²) in [6.07, 6.45) is 12.6. The van der Waals surface area contributed by atoms with Gasteiger partial charge in [-0.15, -0.1) is 0 Å². The topological polar surface area (TPSA) is 118 Å². The van der Waals surface area contributed by atoms with Crippen LogP contribution in [0.4, 0.5) is 5.82 Å². The minimum absolute atomic E-state index is 0.0359. The molecule has 0 aromatic carbocycles. The third kappa shape index (κ3) is 5.24. The molecule has 8 nitrogen and oxygen atoms in total. The second-order valence-corrected chi connectivity index (χ2v) is 6.51. The van der Waals surface area contributed by atoms with Crippen molar-refractivity contribution in [2.24, 2.45) is 5.73 Å². The van der Waals surface area contributed by atoms with Gasteiger partial charge in [0.25, 0.3) is 5.91 Å². The average molecular weight is 368 g/mol. The summed E-state index contributed by atoms with van der Waals surface area (Å²) < 4.78 is 1.51. The number of aliphatic hydroxyl groups is 1. The largest absolute Gasteiger partial charge is 0.393 e. The number of fused-ring (bicyclic) bond motifs is 1. The fourth-order valence-electron chi connectivity index (χ4n) is 2.92. The van der Waals surface area contributed by atoms with Crippen LogP contribution in [0.25, 0.3) is 5.65 Å². The quantitative estimate of drug-likeness (QED) is 0.649. The number of nitrogens with two attached hydrogens (primary N) is 1. The van der Waals surface area contributed by atoms with E-state index in [-0.39, 0.29) is 6.10 Å². The van der Waals surface area contributed by atoms with E-state index in [4.69, 9.17) is 10.8 Å². The van der Waals surface area contributed by atoms with Gasteiger partial charge in [-0.05, 0) is 30.5 Å². The molecule has 142 valence electrons. The Morgan fingerprint density at radius 2 is 2.07 bits per heavy atom. The zero-order valence-electron chi connectivity index (χ0n) is 15.1.